The Morgan fingerprint density at radius 1 is 1.38 bits per heavy atom. The van der Waals surface area contributed by atoms with Gasteiger partial charge in [0, 0.05) is 12.1 Å². The second-order valence-electron chi connectivity index (χ2n) is 3.75. The molecule has 0 atom stereocenters. The summed E-state index contributed by atoms with van der Waals surface area (Å²) in [5.74, 6) is 0. The third-order valence-electron chi connectivity index (χ3n) is 2.08. The van der Waals surface area contributed by atoms with Crippen LogP contribution in [0.3, 0.4) is 0 Å². The molecule has 0 aromatic carbocycles. The molecule has 0 saturated heterocycles. The first-order valence-corrected chi connectivity index (χ1v) is 6.69. The zero-order valence-electron chi connectivity index (χ0n) is 8.46. The van der Waals surface area contributed by atoms with E-state index in [-0.39, 0.29) is 10.2 Å². The number of nitrogens with zero attached hydrogens (tertiary/aromatic N) is 1. The monoisotopic (exact) mass is 272 g/mol. The second-order valence-corrected chi connectivity index (χ2v) is 6.86. The Hall–Kier alpha value is 0.350. The largest absolute Gasteiger partial charge is 0.303 e. The molecule has 0 heterocycles. The molecular weight excluding hydrogens is 256 g/mol. The summed E-state index contributed by atoms with van der Waals surface area (Å²) in [5.41, 5.74) is -0.171. The first-order valence-electron chi connectivity index (χ1n) is 3.92. The minimum atomic E-state index is -3.15. The third kappa shape index (κ3) is 4.95. The summed E-state index contributed by atoms with van der Waals surface area (Å²) in [7, 11) is 0.692. The van der Waals surface area contributed by atoms with Crippen LogP contribution in [0.15, 0.2) is 0 Å². The number of hydrogen-bond donors (Lipinski definition) is 1. The molecular formula is C7H17BrN2O2S. The smallest absolute Gasteiger partial charge is 0.221 e. The highest BCUT2D eigenvalue weighted by atomic mass is 79.9. The fraction of sp³-hybridized carbons (Fsp3) is 1.00. The lowest BCUT2D eigenvalue weighted by Gasteiger charge is -2.32. The van der Waals surface area contributed by atoms with Gasteiger partial charge in [-0.15, -0.1) is 0 Å². The van der Waals surface area contributed by atoms with Gasteiger partial charge < -0.3 is 4.90 Å². The molecule has 13 heavy (non-hydrogen) atoms. The SMILES string of the molecule is CN(C)C(C)(C)CNS(=O)(=O)CBr. The van der Waals surface area contributed by atoms with Gasteiger partial charge in [0.25, 0.3) is 0 Å². The van der Waals surface area contributed by atoms with Gasteiger partial charge in [0.1, 0.15) is 4.66 Å². The van der Waals surface area contributed by atoms with Crippen LogP contribution >= 0.6 is 15.9 Å². The number of likely N-dealkylation sites (N-methyl/N-ethyl adjacent to an activating group) is 1. The molecule has 0 aliphatic heterocycles. The predicted octanol–water partition coefficient (Wildman–Crippen LogP) is 0.598. The van der Waals surface area contributed by atoms with E-state index in [9.17, 15) is 8.42 Å². The molecule has 6 heteroatoms. The minimum Gasteiger partial charge on any atom is -0.303 e. The van der Waals surface area contributed by atoms with Gasteiger partial charge in [0.2, 0.25) is 10.0 Å². The minimum absolute atomic E-state index is 0.0521. The molecule has 0 rings (SSSR count). The lowest BCUT2D eigenvalue weighted by molar-refractivity contribution is 0.199. The van der Waals surface area contributed by atoms with E-state index < -0.39 is 10.0 Å². The Morgan fingerprint density at radius 2 is 1.85 bits per heavy atom. The summed E-state index contributed by atoms with van der Waals surface area (Å²) < 4.78 is 24.6. The molecule has 0 unspecified atom stereocenters. The van der Waals surface area contributed by atoms with Crippen LogP contribution in [-0.4, -0.2) is 44.2 Å². The second kappa shape index (κ2) is 4.72. The fourth-order valence-corrected chi connectivity index (χ4v) is 1.62. The molecule has 80 valence electrons. The summed E-state index contributed by atoms with van der Waals surface area (Å²) in [5, 5.41) is 0. The maximum Gasteiger partial charge on any atom is 0.221 e. The first-order chi connectivity index (χ1) is 5.71. The number of hydrogen-bond acceptors (Lipinski definition) is 3. The van der Waals surface area contributed by atoms with Crippen LogP contribution in [-0.2, 0) is 10.0 Å². The van der Waals surface area contributed by atoms with Crippen LogP contribution in [0, 0.1) is 0 Å². The van der Waals surface area contributed by atoms with E-state index in [4.69, 9.17) is 0 Å². The Balaban J connectivity index is 4.18. The van der Waals surface area contributed by atoms with Crippen LogP contribution in [0.4, 0.5) is 0 Å². The van der Waals surface area contributed by atoms with Crippen molar-refractivity contribution in [3.63, 3.8) is 0 Å². The lowest BCUT2D eigenvalue weighted by Crippen LogP contribution is -2.48. The van der Waals surface area contributed by atoms with Crippen molar-refractivity contribution in [2.24, 2.45) is 0 Å². The zero-order chi connectivity index (χ0) is 10.7. The Labute approximate surface area is 88.9 Å². The molecule has 0 aromatic heterocycles. The van der Waals surface area contributed by atoms with E-state index >= 15 is 0 Å². The topological polar surface area (TPSA) is 49.4 Å². The van der Waals surface area contributed by atoms with Gasteiger partial charge in [0.15, 0.2) is 0 Å². The van der Waals surface area contributed by atoms with Gasteiger partial charge in [-0.2, -0.15) is 0 Å². The zero-order valence-corrected chi connectivity index (χ0v) is 10.9. The number of sulfonamides is 1. The van der Waals surface area contributed by atoms with Crippen LogP contribution in [0.1, 0.15) is 13.8 Å². The first kappa shape index (κ1) is 13.4. The Bertz CT molecular complexity index is 249. The molecule has 0 aliphatic rings. The highest BCUT2D eigenvalue weighted by molar-refractivity contribution is 9.10. The van der Waals surface area contributed by atoms with Crippen molar-refractivity contribution in [1.82, 2.24) is 9.62 Å². The van der Waals surface area contributed by atoms with Crippen molar-refractivity contribution in [3.05, 3.63) is 0 Å². The lowest BCUT2D eigenvalue weighted by atomic mass is 10.1. The van der Waals surface area contributed by atoms with Crippen molar-refractivity contribution < 1.29 is 8.42 Å². The Kier molecular flexibility index (Phi) is 4.85. The fourth-order valence-electron chi connectivity index (χ4n) is 0.483. The van der Waals surface area contributed by atoms with Crippen molar-refractivity contribution in [1.29, 1.82) is 0 Å². The van der Waals surface area contributed by atoms with Gasteiger partial charge in [-0.05, 0) is 27.9 Å². The quantitative estimate of drug-likeness (QED) is 0.746. The summed E-state index contributed by atoms with van der Waals surface area (Å²) >= 11 is 2.91. The number of alkyl halides is 1. The van der Waals surface area contributed by atoms with Crippen LogP contribution < -0.4 is 4.72 Å². The summed E-state index contributed by atoms with van der Waals surface area (Å²) in [6, 6.07) is 0. The molecule has 0 amide bonds. The van der Waals surface area contributed by atoms with Gasteiger partial charge >= 0.3 is 0 Å². The van der Waals surface area contributed by atoms with E-state index in [0.29, 0.717) is 6.54 Å². The predicted molar refractivity (Wildman–Crippen MR) is 58.5 cm³/mol. The van der Waals surface area contributed by atoms with E-state index in [0.717, 1.165) is 0 Å². The van der Waals surface area contributed by atoms with E-state index in [1.54, 1.807) is 0 Å². The Morgan fingerprint density at radius 3 is 2.15 bits per heavy atom. The molecule has 0 fully saturated rings. The average molecular weight is 273 g/mol. The normalized spacial score (nSPS) is 13.7. The van der Waals surface area contributed by atoms with Crippen LogP contribution in [0.5, 0.6) is 0 Å². The molecule has 0 aromatic rings. The van der Waals surface area contributed by atoms with Crippen LogP contribution in [0.2, 0.25) is 0 Å². The maximum atomic E-state index is 11.1. The van der Waals surface area contributed by atoms with Crippen molar-refractivity contribution >= 4 is 26.0 Å². The molecule has 0 bridgehead atoms. The third-order valence-corrected chi connectivity index (χ3v) is 4.76. The van der Waals surface area contributed by atoms with Gasteiger partial charge in [-0.25, -0.2) is 13.1 Å². The summed E-state index contributed by atoms with van der Waals surface area (Å²) in [6.07, 6.45) is 0. The average Bonchev–Trinajstić information content (AvgIpc) is 2.01. The van der Waals surface area contributed by atoms with E-state index in [1.807, 2.05) is 32.8 Å². The maximum absolute atomic E-state index is 11.1. The van der Waals surface area contributed by atoms with Gasteiger partial charge in [-0.3, -0.25) is 0 Å². The molecule has 4 nitrogen and oxygen atoms in total. The van der Waals surface area contributed by atoms with E-state index in [1.165, 1.54) is 0 Å². The molecule has 0 saturated carbocycles. The molecule has 0 aliphatic carbocycles. The van der Waals surface area contributed by atoms with Gasteiger partial charge in [0.05, 0.1) is 0 Å². The number of halogens is 1. The van der Waals surface area contributed by atoms with Crippen molar-refractivity contribution in [2.45, 2.75) is 19.4 Å². The van der Waals surface area contributed by atoms with E-state index in [2.05, 4.69) is 20.7 Å². The molecule has 0 radical (unpaired) electrons. The summed E-state index contributed by atoms with van der Waals surface area (Å²) in [4.78, 5) is 1.98. The molecule has 0 spiro atoms. The molecule has 1 N–H and O–H groups in total. The highest BCUT2D eigenvalue weighted by Crippen LogP contribution is 2.08. The standard InChI is InChI=1S/C7H17BrN2O2S/c1-7(2,10(3)4)5-9-13(11,12)6-8/h9H,5-6H2,1-4H3. The van der Waals surface area contributed by atoms with Crippen LogP contribution in [0.25, 0.3) is 0 Å². The van der Waals surface area contributed by atoms with Crippen molar-refractivity contribution in [2.75, 3.05) is 25.3 Å². The highest BCUT2D eigenvalue weighted by Gasteiger charge is 2.22. The number of rotatable bonds is 5. The van der Waals surface area contributed by atoms with Gasteiger partial charge in [-0.1, -0.05) is 15.9 Å². The van der Waals surface area contributed by atoms with Crippen molar-refractivity contribution in [3.8, 4) is 0 Å². The number of nitrogens with one attached hydrogen (secondary N) is 1. The summed E-state index contributed by atoms with van der Waals surface area (Å²) in [6.45, 7) is 4.36.